The third-order valence-electron chi connectivity index (χ3n) is 9.33. The van der Waals surface area contributed by atoms with E-state index in [4.69, 9.17) is 11.3 Å². The van der Waals surface area contributed by atoms with Crippen molar-refractivity contribution in [1.82, 2.24) is 9.55 Å². The zero-order valence-corrected chi connectivity index (χ0v) is 29.5. The number of aromatic nitrogens is 3. The molecular formula is C44H48N3O+. The monoisotopic (exact) mass is 639 g/mol. The van der Waals surface area contributed by atoms with Crippen LogP contribution in [0.3, 0.4) is 0 Å². The molecule has 0 saturated carbocycles. The first-order valence-electron chi connectivity index (χ1n) is 19.4. The van der Waals surface area contributed by atoms with Crippen LogP contribution in [0.1, 0.15) is 95.1 Å². The average Bonchev–Trinajstić information content (AvgIpc) is 3.61. The second-order valence-electron chi connectivity index (χ2n) is 14.8. The van der Waals surface area contributed by atoms with Crippen molar-refractivity contribution in [2.75, 3.05) is 0 Å². The molecule has 4 heteroatoms. The minimum Gasteiger partial charge on any atom is -0.437 e. The minimum absolute atomic E-state index is 0.00721. The van der Waals surface area contributed by atoms with Crippen molar-refractivity contribution in [3.05, 3.63) is 113 Å². The number of furan rings is 1. The molecule has 0 aliphatic rings. The SMILES string of the molecule is [2H]C([2H])([2H])c1ccc2c(n1)oc1c(-c3n(-c4c(C(C)C)cc(-c5ccc(C([2H])([2H])C(C)(C)C)cc5)cc4C(C)C)c4ccccc4[n+]3C)c(C)ccc12. The lowest BCUT2D eigenvalue weighted by Gasteiger charge is -2.21. The first-order valence-corrected chi connectivity index (χ1v) is 16.9. The maximum absolute atomic E-state index is 8.82. The summed E-state index contributed by atoms with van der Waals surface area (Å²) in [6.45, 7) is 14.5. The highest BCUT2D eigenvalue weighted by Crippen LogP contribution is 2.43. The molecule has 0 atom stereocenters. The molecule has 0 bridgehead atoms. The van der Waals surface area contributed by atoms with Gasteiger partial charge in [0, 0.05) is 34.4 Å². The van der Waals surface area contributed by atoms with Gasteiger partial charge in [0.25, 0.3) is 5.82 Å². The number of nitrogens with zero attached hydrogens (tertiary/aromatic N) is 3. The van der Waals surface area contributed by atoms with Crippen molar-refractivity contribution in [2.45, 2.75) is 80.5 Å². The molecule has 4 aromatic carbocycles. The molecule has 0 aliphatic heterocycles. The normalized spacial score (nSPS) is 14.5. The standard InChI is InChI=1S/C44H48N3O/c1-26(2)35-23-32(31-19-17-30(18-20-31)25-44(7,8)9)24-36(27(3)4)40(35)47-38-14-12-11-13-37(38)46(10)43(47)39-28(5)15-21-33-34-22-16-29(6)45-42(34)48-41(33)39/h11-24,26-27H,25H2,1-10H3/q+1/i6D3,25D2. The summed E-state index contributed by atoms with van der Waals surface area (Å²) in [5, 5.41) is 1.65. The number of aryl methyl sites for hydroxylation is 3. The quantitative estimate of drug-likeness (QED) is 0.170. The summed E-state index contributed by atoms with van der Waals surface area (Å²) in [5.74, 6) is 1.29. The molecule has 0 fully saturated rings. The first-order chi connectivity index (χ1) is 24.8. The lowest BCUT2D eigenvalue weighted by atomic mass is 9.86. The molecule has 3 aromatic heterocycles. The molecule has 0 unspecified atom stereocenters. The molecule has 0 N–H and O–H groups in total. The van der Waals surface area contributed by atoms with Gasteiger partial charge in [0.15, 0.2) is 16.6 Å². The van der Waals surface area contributed by atoms with Crippen LogP contribution >= 0.6 is 0 Å². The Morgan fingerprint density at radius 1 is 0.854 bits per heavy atom. The van der Waals surface area contributed by atoms with E-state index in [0.29, 0.717) is 16.9 Å². The van der Waals surface area contributed by atoms with E-state index in [1.165, 1.54) is 11.1 Å². The Bertz CT molecular complexity index is 2500. The Labute approximate surface area is 292 Å². The number of fused-ring (bicyclic) bond motifs is 4. The molecule has 4 nitrogen and oxygen atoms in total. The molecule has 0 saturated heterocycles. The summed E-state index contributed by atoms with van der Waals surface area (Å²) in [6.07, 6.45) is -1.47. The van der Waals surface area contributed by atoms with Gasteiger partial charge in [0.2, 0.25) is 5.71 Å². The summed E-state index contributed by atoms with van der Waals surface area (Å²) in [7, 11) is 2.09. The topological polar surface area (TPSA) is 34.8 Å². The van der Waals surface area contributed by atoms with E-state index in [9.17, 15) is 0 Å². The van der Waals surface area contributed by atoms with Crippen LogP contribution in [0, 0.1) is 19.2 Å². The van der Waals surface area contributed by atoms with Gasteiger partial charge in [-0.1, -0.05) is 97.0 Å². The average molecular weight is 640 g/mol. The number of pyridine rings is 1. The molecule has 0 aliphatic carbocycles. The van der Waals surface area contributed by atoms with E-state index in [0.717, 1.165) is 55.6 Å². The van der Waals surface area contributed by atoms with Crippen molar-refractivity contribution in [1.29, 1.82) is 0 Å². The Balaban J connectivity index is 1.53. The van der Waals surface area contributed by atoms with E-state index in [1.54, 1.807) is 12.1 Å². The van der Waals surface area contributed by atoms with Crippen molar-refractivity contribution in [2.24, 2.45) is 12.5 Å². The number of para-hydroxylation sites is 2. The predicted molar refractivity (Wildman–Crippen MR) is 201 cm³/mol. The van der Waals surface area contributed by atoms with Gasteiger partial charge in [-0.25, -0.2) is 9.55 Å². The van der Waals surface area contributed by atoms with E-state index in [1.807, 2.05) is 39.0 Å². The number of hydrogen-bond acceptors (Lipinski definition) is 2. The third kappa shape index (κ3) is 5.41. The Morgan fingerprint density at radius 3 is 2.17 bits per heavy atom. The van der Waals surface area contributed by atoms with Gasteiger partial charge < -0.3 is 4.42 Å². The van der Waals surface area contributed by atoms with Gasteiger partial charge in [0.1, 0.15) is 11.3 Å². The fraction of sp³-hybridized carbons (Fsp3) is 0.318. The Kier molecular flexibility index (Phi) is 6.44. The zero-order chi connectivity index (χ0) is 38.4. The molecule has 3 heterocycles. The van der Waals surface area contributed by atoms with E-state index < -0.39 is 18.6 Å². The lowest BCUT2D eigenvalue weighted by molar-refractivity contribution is -0.633. The van der Waals surface area contributed by atoms with Crippen LogP contribution in [-0.2, 0) is 13.4 Å². The molecule has 7 aromatic rings. The van der Waals surface area contributed by atoms with E-state index in [2.05, 4.69) is 110 Å². The Morgan fingerprint density at radius 2 is 1.52 bits per heavy atom. The molecule has 0 radical (unpaired) electrons. The summed E-state index contributed by atoms with van der Waals surface area (Å²) < 4.78 is 52.7. The maximum Gasteiger partial charge on any atom is 0.299 e. The highest BCUT2D eigenvalue weighted by atomic mass is 16.3. The lowest BCUT2D eigenvalue weighted by Crippen LogP contribution is -2.30. The van der Waals surface area contributed by atoms with Crippen LogP contribution in [0.5, 0.6) is 0 Å². The van der Waals surface area contributed by atoms with Gasteiger partial charge >= 0.3 is 0 Å². The summed E-state index contributed by atoms with van der Waals surface area (Å²) in [4.78, 5) is 4.47. The van der Waals surface area contributed by atoms with Gasteiger partial charge in [-0.15, -0.1) is 0 Å². The fourth-order valence-corrected chi connectivity index (χ4v) is 7.08. The number of benzene rings is 4. The van der Waals surface area contributed by atoms with E-state index in [-0.39, 0.29) is 17.5 Å². The van der Waals surface area contributed by atoms with Gasteiger partial charge in [0.05, 0.1) is 7.05 Å². The van der Waals surface area contributed by atoms with Crippen molar-refractivity contribution in [3.63, 3.8) is 0 Å². The molecule has 7 rings (SSSR count). The highest BCUT2D eigenvalue weighted by molar-refractivity contribution is 6.09. The van der Waals surface area contributed by atoms with Crippen LogP contribution in [0.25, 0.3) is 61.3 Å². The smallest absolute Gasteiger partial charge is 0.299 e. The molecule has 0 amide bonds. The summed E-state index contributed by atoms with van der Waals surface area (Å²) in [5.41, 5.74) is 10.8. The summed E-state index contributed by atoms with van der Waals surface area (Å²) >= 11 is 0. The Hall–Kier alpha value is -4.70. The van der Waals surface area contributed by atoms with Crippen molar-refractivity contribution in [3.8, 4) is 28.2 Å². The maximum atomic E-state index is 8.82. The zero-order valence-electron chi connectivity index (χ0n) is 34.5. The number of imidazole rings is 1. The van der Waals surface area contributed by atoms with Crippen molar-refractivity contribution >= 4 is 33.1 Å². The number of rotatable bonds is 6. The van der Waals surface area contributed by atoms with Crippen LogP contribution in [0.15, 0.2) is 89.3 Å². The second kappa shape index (κ2) is 11.8. The van der Waals surface area contributed by atoms with Crippen LogP contribution in [0.4, 0.5) is 0 Å². The molecule has 0 spiro atoms. The van der Waals surface area contributed by atoms with Crippen LogP contribution in [-0.4, -0.2) is 9.55 Å². The fourth-order valence-electron chi connectivity index (χ4n) is 7.08. The van der Waals surface area contributed by atoms with Gasteiger partial charge in [-0.3, -0.25) is 0 Å². The minimum atomic E-state index is -2.35. The predicted octanol–water partition coefficient (Wildman–Crippen LogP) is 11.5. The van der Waals surface area contributed by atoms with Gasteiger partial charge in [-0.05, 0) is 96.1 Å². The number of hydrogen-bond donors (Lipinski definition) is 0. The molecule has 48 heavy (non-hydrogen) atoms. The highest BCUT2D eigenvalue weighted by Gasteiger charge is 2.34. The largest absolute Gasteiger partial charge is 0.437 e. The molecular weight excluding hydrogens is 587 g/mol. The second-order valence-corrected chi connectivity index (χ2v) is 14.8. The molecule has 244 valence electrons. The third-order valence-corrected chi connectivity index (χ3v) is 9.33. The van der Waals surface area contributed by atoms with Gasteiger partial charge in [-0.2, -0.15) is 4.57 Å². The summed E-state index contributed by atoms with van der Waals surface area (Å²) in [6, 6.07) is 28.5. The van der Waals surface area contributed by atoms with Crippen LogP contribution < -0.4 is 4.57 Å². The van der Waals surface area contributed by atoms with E-state index >= 15 is 0 Å². The first kappa shape index (κ1) is 26.3. The van der Waals surface area contributed by atoms with Crippen LogP contribution in [0.2, 0.25) is 0 Å². The van der Waals surface area contributed by atoms with Crippen molar-refractivity contribution < 1.29 is 15.8 Å².